The minimum Gasteiger partial charge on any atom is -0.385 e. The number of hydrogen-bond donors (Lipinski definition) is 1. The number of nitro groups is 1. The molecule has 1 N–H and O–H groups in total. The molecule has 0 saturated carbocycles. The first-order chi connectivity index (χ1) is 10.0. The van der Waals surface area contributed by atoms with Crippen LogP contribution in [0.15, 0.2) is 12.3 Å². The van der Waals surface area contributed by atoms with Gasteiger partial charge in [-0.25, -0.2) is 4.98 Å². The lowest BCUT2D eigenvalue weighted by molar-refractivity contribution is -0.385. The second-order valence-electron chi connectivity index (χ2n) is 4.45. The second-order valence-corrected chi connectivity index (χ2v) is 4.45. The average molecular weight is 296 g/mol. The third-order valence-corrected chi connectivity index (χ3v) is 2.86. The van der Waals surface area contributed by atoms with Crippen molar-refractivity contribution in [3.8, 4) is 0 Å². The number of pyridine rings is 1. The molecule has 0 aliphatic heterocycles. The van der Waals surface area contributed by atoms with Crippen molar-refractivity contribution in [1.82, 2.24) is 9.88 Å². The van der Waals surface area contributed by atoms with E-state index in [0.29, 0.717) is 31.9 Å². The van der Waals surface area contributed by atoms with Crippen LogP contribution in [0.5, 0.6) is 0 Å². The van der Waals surface area contributed by atoms with Crippen molar-refractivity contribution in [3.05, 3.63) is 27.9 Å². The Morgan fingerprint density at radius 2 is 2.29 bits per heavy atom. The maximum absolute atomic E-state index is 12.3. The number of nitrogens with zero attached hydrogens (tertiary/aromatic N) is 3. The topological polar surface area (TPSA) is 97.6 Å². The van der Waals surface area contributed by atoms with Crippen molar-refractivity contribution in [3.63, 3.8) is 0 Å². The van der Waals surface area contributed by atoms with E-state index in [4.69, 9.17) is 4.74 Å². The molecule has 0 spiro atoms. The lowest BCUT2D eigenvalue weighted by Crippen LogP contribution is -2.29. The summed E-state index contributed by atoms with van der Waals surface area (Å²) < 4.78 is 4.92. The van der Waals surface area contributed by atoms with Gasteiger partial charge in [-0.15, -0.1) is 0 Å². The summed E-state index contributed by atoms with van der Waals surface area (Å²) in [6, 6.07) is 1.41. The molecule has 0 bridgehead atoms. The van der Waals surface area contributed by atoms with Crippen molar-refractivity contribution in [1.29, 1.82) is 0 Å². The lowest BCUT2D eigenvalue weighted by atomic mass is 10.2. The number of amides is 1. The molecule has 116 valence electrons. The van der Waals surface area contributed by atoms with Crippen molar-refractivity contribution < 1.29 is 14.5 Å². The summed E-state index contributed by atoms with van der Waals surface area (Å²) in [6.07, 6.45) is 1.77. The summed E-state index contributed by atoms with van der Waals surface area (Å²) in [5.41, 5.74) is -0.258. The molecule has 8 nitrogen and oxygen atoms in total. The fourth-order valence-corrected chi connectivity index (χ4v) is 1.80. The van der Waals surface area contributed by atoms with Gasteiger partial charge in [0.2, 0.25) is 0 Å². The molecule has 0 atom stereocenters. The zero-order valence-electron chi connectivity index (χ0n) is 12.5. The van der Waals surface area contributed by atoms with Crippen LogP contribution >= 0.6 is 0 Å². The largest absolute Gasteiger partial charge is 0.385 e. The Labute approximate surface area is 123 Å². The third kappa shape index (κ3) is 4.67. The van der Waals surface area contributed by atoms with Gasteiger partial charge in [-0.2, -0.15) is 0 Å². The number of rotatable bonds is 8. The smallest absolute Gasteiger partial charge is 0.300 e. The molecule has 1 aromatic heterocycles. The van der Waals surface area contributed by atoms with Gasteiger partial charge in [-0.3, -0.25) is 14.9 Å². The Morgan fingerprint density at radius 3 is 2.86 bits per heavy atom. The van der Waals surface area contributed by atoms with Crippen molar-refractivity contribution in [2.24, 2.45) is 0 Å². The van der Waals surface area contributed by atoms with E-state index in [9.17, 15) is 14.9 Å². The van der Waals surface area contributed by atoms with E-state index in [-0.39, 0.29) is 11.3 Å². The zero-order chi connectivity index (χ0) is 15.8. The predicted molar refractivity (Wildman–Crippen MR) is 78.5 cm³/mol. The quantitative estimate of drug-likeness (QED) is 0.444. The van der Waals surface area contributed by atoms with Crippen LogP contribution in [0.2, 0.25) is 0 Å². The van der Waals surface area contributed by atoms with Crippen LogP contribution in [0.25, 0.3) is 0 Å². The van der Waals surface area contributed by atoms with Crippen molar-refractivity contribution in [2.45, 2.75) is 13.3 Å². The molecule has 0 fully saturated rings. The predicted octanol–water partition coefficient (Wildman–Crippen LogP) is 1.53. The van der Waals surface area contributed by atoms with Crippen LogP contribution in [0, 0.1) is 10.1 Å². The van der Waals surface area contributed by atoms with Gasteiger partial charge in [0.15, 0.2) is 0 Å². The number of methoxy groups -OCH3 is 1. The highest BCUT2D eigenvalue weighted by Gasteiger charge is 2.24. The Morgan fingerprint density at radius 1 is 1.57 bits per heavy atom. The molecular weight excluding hydrogens is 276 g/mol. The number of carbonyl (C=O) groups is 1. The Balaban J connectivity index is 2.98. The van der Waals surface area contributed by atoms with E-state index in [1.54, 1.807) is 14.2 Å². The van der Waals surface area contributed by atoms with Gasteiger partial charge in [0.25, 0.3) is 11.6 Å². The first-order valence-corrected chi connectivity index (χ1v) is 6.64. The standard InChI is InChI=1S/C13H20N4O4/c1-4-14-12-8-10(11(9-15-12)17(19)20)13(18)16(2)6-5-7-21-3/h8-9H,4-7H2,1-3H3,(H,14,15). The molecule has 1 aromatic rings. The molecule has 0 unspecified atom stereocenters. The van der Waals surface area contributed by atoms with Crippen LogP contribution < -0.4 is 5.32 Å². The van der Waals surface area contributed by atoms with Crippen molar-refractivity contribution >= 4 is 17.4 Å². The molecule has 1 amide bonds. The van der Waals surface area contributed by atoms with Gasteiger partial charge in [0.05, 0.1) is 4.92 Å². The Kier molecular flexibility index (Phi) is 6.54. The Bertz CT molecular complexity index is 507. The molecule has 1 rings (SSSR count). The van der Waals surface area contributed by atoms with E-state index < -0.39 is 10.8 Å². The minimum absolute atomic E-state index is 0.0332. The summed E-state index contributed by atoms with van der Waals surface area (Å²) in [5, 5.41) is 14.0. The van der Waals surface area contributed by atoms with E-state index >= 15 is 0 Å². The monoisotopic (exact) mass is 296 g/mol. The molecule has 0 saturated heterocycles. The summed E-state index contributed by atoms with van der Waals surface area (Å²) in [7, 11) is 3.19. The minimum atomic E-state index is -0.598. The van der Waals surface area contributed by atoms with Crippen LogP contribution in [-0.4, -0.2) is 54.6 Å². The van der Waals surface area contributed by atoms with Gasteiger partial charge in [0.1, 0.15) is 17.6 Å². The van der Waals surface area contributed by atoms with Gasteiger partial charge in [-0.05, 0) is 13.3 Å². The fourth-order valence-electron chi connectivity index (χ4n) is 1.80. The lowest BCUT2D eigenvalue weighted by Gasteiger charge is -2.17. The Hall–Kier alpha value is -2.22. The third-order valence-electron chi connectivity index (χ3n) is 2.86. The van der Waals surface area contributed by atoms with E-state index in [1.165, 1.54) is 11.0 Å². The molecule has 1 heterocycles. The molecule has 21 heavy (non-hydrogen) atoms. The SMILES string of the molecule is CCNc1cc(C(=O)N(C)CCCOC)c([N+](=O)[O-])cn1. The number of hydrogen-bond acceptors (Lipinski definition) is 6. The van der Waals surface area contributed by atoms with E-state index in [2.05, 4.69) is 10.3 Å². The van der Waals surface area contributed by atoms with Crippen molar-refractivity contribution in [2.75, 3.05) is 39.2 Å². The number of carbonyl (C=O) groups excluding carboxylic acids is 1. The highest BCUT2D eigenvalue weighted by molar-refractivity contribution is 5.98. The summed E-state index contributed by atoms with van der Waals surface area (Å²) in [5.74, 6) is 0.0381. The first kappa shape index (κ1) is 16.8. The molecule has 0 radical (unpaired) electrons. The van der Waals surface area contributed by atoms with Crippen LogP contribution in [0.3, 0.4) is 0 Å². The summed E-state index contributed by atoms with van der Waals surface area (Å²) >= 11 is 0. The number of aromatic nitrogens is 1. The fraction of sp³-hybridized carbons (Fsp3) is 0.538. The van der Waals surface area contributed by atoms with E-state index in [0.717, 1.165) is 6.20 Å². The number of anilines is 1. The first-order valence-electron chi connectivity index (χ1n) is 6.64. The molecule has 0 aliphatic carbocycles. The van der Waals surface area contributed by atoms with Gasteiger partial charge < -0.3 is 15.0 Å². The van der Waals surface area contributed by atoms with Crippen LogP contribution in [-0.2, 0) is 4.74 Å². The number of ether oxygens (including phenoxy) is 1. The summed E-state index contributed by atoms with van der Waals surface area (Å²) in [6.45, 7) is 3.48. The molecule has 0 aromatic carbocycles. The second kappa shape index (κ2) is 8.15. The maximum atomic E-state index is 12.3. The van der Waals surface area contributed by atoms with Crippen LogP contribution in [0.1, 0.15) is 23.7 Å². The zero-order valence-corrected chi connectivity index (χ0v) is 12.5. The maximum Gasteiger partial charge on any atom is 0.300 e. The molecular formula is C13H20N4O4. The van der Waals surface area contributed by atoms with Crippen LogP contribution in [0.4, 0.5) is 11.5 Å². The highest BCUT2D eigenvalue weighted by atomic mass is 16.6. The van der Waals surface area contributed by atoms with Gasteiger partial charge in [0, 0.05) is 39.9 Å². The van der Waals surface area contributed by atoms with E-state index in [1.807, 2.05) is 6.92 Å². The molecule has 0 aliphatic rings. The summed E-state index contributed by atoms with van der Waals surface area (Å²) in [4.78, 5) is 28.1. The van der Waals surface area contributed by atoms with Gasteiger partial charge in [-0.1, -0.05) is 0 Å². The average Bonchev–Trinajstić information content (AvgIpc) is 2.46. The normalized spacial score (nSPS) is 10.2. The number of nitrogens with one attached hydrogen (secondary N) is 1. The molecule has 8 heteroatoms. The highest BCUT2D eigenvalue weighted by Crippen LogP contribution is 2.21. The van der Waals surface area contributed by atoms with Gasteiger partial charge >= 0.3 is 0 Å².